The summed E-state index contributed by atoms with van der Waals surface area (Å²) in [5, 5.41) is 3.53. The third-order valence-electron chi connectivity index (χ3n) is 4.47. The van der Waals surface area contributed by atoms with Crippen LogP contribution >= 0.6 is 0 Å². The van der Waals surface area contributed by atoms with Crippen molar-refractivity contribution in [2.75, 3.05) is 13.2 Å². The Labute approximate surface area is 129 Å². The van der Waals surface area contributed by atoms with E-state index in [4.69, 9.17) is 9.47 Å². The second-order valence-corrected chi connectivity index (χ2v) is 6.99. The fourth-order valence-electron chi connectivity index (χ4n) is 3.15. The number of rotatable bonds is 9. The van der Waals surface area contributed by atoms with Gasteiger partial charge in [-0.3, -0.25) is 10.1 Å². The van der Waals surface area contributed by atoms with E-state index in [1.54, 1.807) is 0 Å². The lowest BCUT2D eigenvalue weighted by Gasteiger charge is -2.28. The van der Waals surface area contributed by atoms with Gasteiger partial charge in [-0.25, -0.2) is 0 Å². The average Bonchev–Trinajstić information content (AvgIpc) is 3.14. The molecule has 122 valence electrons. The van der Waals surface area contributed by atoms with Crippen LogP contribution in [0.25, 0.3) is 0 Å². The molecule has 21 heavy (non-hydrogen) atoms. The molecule has 4 nitrogen and oxygen atoms in total. The van der Waals surface area contributed by atoms with Crippen LogP contribution in [0.5, 0.6) is 0 Å². The summed E-state index contributed by atoms with van der Waals surface area (Å²) in [5.41, 5.74) is -0.486. The van der Waals surface area contributed by atoms with Gasteiger partial charge in [0.25, 0.3) is 0 Å². The normalized spacial score (nSPS) is 29.0. The number of carbonyl (C=O) groups is 1. The van der Waals surface area contributed by atoms with E-state index in [9.17, 15) is 4.79 Å². The van der Waals surface area contributed by atoms with Gasteiger partial charge in [-0.2, -0.15) is 0 Å². The molecule has 0 aromatic rings. The largest absolute Gasteiger partial charge is 0.465 e. The Morgan fingerprint density at radius 2 is 2.10 bits per heavy atom. The number of hydrogen-bond acceptors (Lipinski definition) is 4. The highest BCUT2D eigenvalue weighted by molar-refractivity contribution is 5.81. The van der Waals surface area contributed by atoms with E-state index in [0.29, 0.717) is 12.6 Å². The lowest BCUT2D eigenvalue weighted by molar-refractivity contribution is -0.151. The first-order valence-electron chi connectivity index (χ1n) is 8.62. The van der Waals surface area contributed by atoms with Crippen LogP contribution in [-0.4, -0.2) is 36.9 Å². The summed E-state index contributed by atoms with van der Waals surface area (Å²) in [7, 11) is 0. The smallest absolute Gasteiger partial charge is 0.326 e. The second-order valence-electron chi connectivity index (χ2n) is 6.99. The summed E-state index contributed by atoms with van der Waals surface area (Å²) in [4.78, 5) is 12.4. The third-order valence-corrected chi connectivity index (χ3v) is 4.47. The molecule has 2 aliphatic rings. The molecule has 0 aromatic carbocycles. The lowest BCUT2D eigenvalue weighted by Crippen LogP contribution is -2.52. The summed E-state index contributed by atoms with van der Waals surface area (Å²) >= 11 is 0. The maximum Gasteiger partial charge on any atom is 0.326 e. The monoisotopic (exact) mass is 297 g/mol. The maximum atomic E-state index is 12.4. The molecule has 2 fully saturated rings. The predicted octanol–water partition coefficient (Wildman–Crippen LogP) is 3.05. The highest BCUT2D eigenvalue weighted by Crippen LogP contribution is 2.36. The van der Waals surface area contributed by atoms with Gasteiger partial charge in [0.2, 0.25) is 0 Å². The Balaban J connectivity index is 1.81. The summed E-state index contributed by atoms with van der Waals surface area (Å²) in [6.07, 6.45) is 7.45. The second kappa shape index (κ2) is 7.59. The molecule has 1 N–H and O–H groups in total. The molecular formula is C17H31NO3. The van der Waals surface area contributed by atoms with E-state index < -0.39 is 5.54 Å². The van der Waals surface area contributed by atoms with Gasteiger partial charge in [0, 0.05) is 19.1 Å². The number of nitrogens with one attached hydrogen (secondary N) is 1. The van der Waals surface area contributed by atoms with Gasteiger partial charge in [0.05, 0.1) is 12.7 Å². The topological polar surface area (TPSA) is 47.6 Å². The Morgan fingerprint density at radius 1 is 1.33 bits per heavy atom. The third kappa shape index (κ3) is 4.96. The first-order valence-corrected chi connectivity index (χ1v) is 8.62. The maximum absolute atomic E-state index is 12.4. The summed E-state index contributed by atoms with van der Waals surface area (Å²) in [6.45, 7) is 7.61. The van der Waals surface area contributed by atoms with Crippen molar-refractivity contribution >= 4 is 5.97 Å². The van der Waals surface area contributed by atoms with Gasteiger partial charge in [-0.1, -0.05) is 13.8 Å². The zero-order valence-electron chi connectivity index (χ0n) is 13.8. The SMILES string of the molecule is CCOC(=O)C1(NC2CC2)CCC(OCCCC(C)C)C1. The Hall–Kier alpha value is -0.610. The minimum absolute atomic E-state index is 0.0785. The van der Waals surface area contributed by atoms with Crippen LogP contribution in [0.3, 0.4) is 0 Å². The molecule has 2 unspecified atom stereocenters. The molecule has 0 aromatic heterocycles. The molecule has 0 amide bonds. The Morgan fingerprint density at radius 3 is 2.71 bits per heavy atom. The van der Waals surface area contributed by atoms with Crippen molar-refractivity contribution < 1.29 is 14.3 Å². The minimum atomic E-state index is -0.486. The van der Waals surface area contributed by atoms with Crippen molar-refractivity contribution in [1.82, 2.24) is 5.32 Å². The standard InChI is InChI=1S/C17H31NO3/c1-4-20-16(19)17(18-14-7-8-14)10-9-15(12-17)21-11-5-6-13(2)3/h13-15,18H,4-12H2,1-3H3. The highest BCUT2D eigenvalue weighted by atomic mass is 16.5. The van der Waals surface area contributed by atoms with Gasteiger partial charge in [-0.15, -0.1) is 0 Å². The predicted molar refractivity (Wildman–Crippen MR) is 83.2 cm³/mol. The van der Waals surface area contributed by atoms with E-state index in [0.717, 1.165) is 38.2 Å². The molecular weight excluding hydrogens is 266 g/mol. The van der Waals surface area contributed by atoms with Crippen molar-refractivity contribution in [2.45, 2.75) is 83.4 Å². The van der Waals surface area contributed by atoms with Gasteiger partial charge in [-0.05, 0) is 51.4 Å². The molecule has 2 atom stereocenters. The van der Waals surface area contributed by atoms with Gasteiger partial charge < -0.3 is 9.47 Å². The van der Waals surface area contributed by atoms with Crippen LogP contribution in [0, 0.1) is 5.92 Å². The Bertz CT molecular complexity index is 341. The van der Waals surface area contributed by atoms with Crippen LogP contribution in [0.15, 0.2) is 0 Å². The fraction of sp³-hybridized carbons (Fsp3) is 0.941. The van der Waals surface area contributed by atoms with E-state index in [2.05, 4.69) is 19.2 Å². The fourth-order valence-corrected chi connectivity index (χ4v) is 3.15. The molecule has 0 heterocycles. The molecule has 0 bridgehead atoms. The van der Waals surface area contributed by atoms with Crippen molar-refractivity contribution in [2.24, 2.45) is 5.92 Å². The summed E-state index contributed by atoms with van der Waals surface area (Å²) in [6, 6.07) is 0.508. The van der Waals surface area contributed by atoms with Gasteiger partial charge >= 0.3 is 5.97 Å². The number of hydrogen-bond donors (Lipinski definition) is 1. The molecule has 2 rings (SSSR count). The quantitative estimate of drug-likeness (QED) is 0.525. The van der Waals surface area contributed by atoms with Gasteiger partial charge in [0.15, 0.2) is 0 Å². The first kappa shape index (κ1) is 16.8. The van der Waals surface area contributed by atoms with E-state index in [1.165, 1.54) is 19.3 Å². The van der Waals surface area contributed by atoms with Crippen LogP contribution < -0.4 is 5.32 Å². The molecule has 0 radical (unpaired) electrons. The molecule has 0 spiro atoms. The van der Waals surface area contributed by atoms with Gasteiger partial charge in [0.1, 0.15) is 5.54 Å². The molecule has 4 heteroatoms. The van der Waals surface area contributed by atoms with E-state index >= 15 is 0 Å². The Kier molecular flexibility index (Phi) is 6.06. The van der Waals surface area contributed by atoms with Crippen molar-refractivity contribution in [3.8, 4) is 0 Å². The lowest BCUT2D eigenvalue weighted by atomic mass is 9.97. The minimum Gasteiger partial charge on any atom is -0.465 e. The highest BCUT2D eigenvalue weighted by Gasteiger charge is 2.49. The van der Waals surface area contributed by atoms with Crippen LogP contribution in [0.4, 0.5) is 0 Å². The molecule has 0 saturated heterocycles. The molecule has 0 aliphatic heterocycles. The van der Waals surface area contributed by atoms with Crippen LogP contribution in [-0.2, 0) is 14.3 Å². The number of carbonyl (C=O) groups excluding carboxylic acids is 1. The zero-order chi connectivity index (χ0) is 15.3. The van der Waals surface area contributed by atoms with Crippen molar-refractivity contribution in [3.63, 3.8) is 0 Å². The van der Waals surface area contributed by atoms with E-state index in [-0.39, 0.29) is 12.1 Å². The number of ether oxygens (including phenoxy) is 2. The molecule has 2 aliphatic carbocycles. The van der Waals surface area contributed by atoms with Crippen molar-refractivity contribution in [3.05, 3.63) is 0 Å². The summed E-state index contributed by atoms with van der Waals surface area (Å²) < 4.78 is 11.3. The first-order chi connectivity index (χ1) is 10.1. The molecule has 2 saturated carbocycles. The zero-order valence-corrected chi connectivity index (χ0v) is 13.8. The van der Waals surface area contributed by atoms with E-state index in [1.807, 2.05) is 6.92 Å². The van der Waals surface area contributed by atoms with Crippen LogP contribution in [0.2, 0.25) is 0 Å². The van der Waals surface area contributed by atoms with Crippen LogP contribution in [0.1, 0.15) is 65.7 Å². The summed E-state index contributed by atoms with van der Waals surface area (Å²) in [5.74, 6) is 0.650. The van der Waals surface area contributed by atoms with Crippen molar-refractivity contribution in [1.29, 1.82) is 0 Å². The average molecular weight is 297 g/mol. The number of esters is 1.